The molecule has 2 aromatic rings. The highest BCUT2D eigenvalue weighted by Gasteiger charge is 2.13. The number of nitro groups is 1. The van der Waals surface area contributed by atoms with Gasteiger partial charge in [-0.2, -0.15) is 0 Å². The molecule has 2 N–H and O–H groups in total. The van der Waals surface area contributed by atoms with Gasteiger partial charge in [0, 0.05) is 19.1 Å². The molecule has 0 saturated heterocycles. The average Bonchev–Trinajstić information content (AvgIpc) is 2.60. The Morgan fingerprint density at radius 2 is 1.79 bits per heavy atom. The number of carbonyl (C=O) groups excluding carboxylic acids is 1. The second kappa shape index (κ2) is 9.82. The van der Waals surface area contributed by atoms with E-state index in [1.54, 1.807) is 24.3 Å². The average molecular weight is 608 g/mol. The molecule has 0 saturated carbocycles. The van der Waals surface area contributed by atoms with Crippen LogP contribution in [0.3, 0.4) is 0 Å². The van der Waals surface area contributed by atoms with Crippen LogP contribution in [0.2, 0.25) is 0 Å². The first-order chi connectivity index (χ1) is 13.2. The van der Waals surface area contributed by atoms with E-state index in [1.807, 2.05) is 0 Å². The van der Waals surface area contributed by atoms with Gasteiger partial charge in [0.25, 0.3) is 5.69 Å². The zero-order valence-corrected chi connectivity index (χ0v) is 18.8. The molecule has 0 aliphatic carbocycles. The van der Waals surface area contributed by atoms with Crippen LogP contribution in [0, 0.1) is 17.3 Å². The van der Waals surface area contributed by atoms with Gasteiger partial charge in [-0.25, -0.2) is 4.79 Å². The Kier molecular flexibility index (Phi) is 7.74. The maximum atomic E-state index is 11.2. The zero-order chi connectivity index (χ0) is 20.8. The highest BCUT2D eigenvalue weighted by Crippen LogP contribution is 2.30. The SMILES string of the molecule is CC(=O)NC(=Cc1cc(I)c(OCc2ccc([N+](=O)[O-])cc2)c(I)c1)C(=O)O. The Morgan fingerprint density at radius 1 is 1.21 bits per heavy atom. The van der Waals surface area contributed by atoms with Crippen LogP contribution in [-0.4, -0.2) is 21.9 Å². The van der Waals surface area contributed by atoms with Gasteiger partial charge in [-0.15, -0.1) is 0 Å². The predicted octanol–water partition coefficient (Wildman–Crippen LogP) is 3.94. The minimum Gasteiger partial charge on any atom is -0.487 e. The van der Waals surface area contributed by atoms with E-state index < -0.39 is 16.8 Å². The molecule has 10 heteroatoms. The van der Waals surface area contributed by atoms with Crippen LogP contribution in [0.4, 0.5) is 5.69 Å². The van der Waals surface area contributed by atoms with Crippen molar-refractivity contribution in [2.45, 2.75) is 13.5 Å². The van der Waals surface area contributed by atoms with E-state index in [1.165, 1.54) is 25.1 Å². The summed E-state index contributed by atoms with van der Waals surface area (Å²) < 4.78 is 7.34. The Balaban J connectivity index is 2.20. The summed E-state index contributed by atoms with van der Waals surface area (Å²) >= 11 is 4.15. The van der Waals surface area contributed by atoms with Crippen molar-refractivity contribution in [3.63, 3.8) is 0 Å². The molecule has 0 unspecified atom stereocenters. The Bertz CT molecular complexity index is 934. The molecule has 0 aliphatic heterocycles. The van der Waals surface area contributed by atoms with Gasteiger partial charge in [0.05, 0.1) is 12.1 Å². The lowest BCUT2D eigenvalue weighted by Gasteiger charge is -2.12. The standard InChI is InChI=1S/C18H14I2N2O6/c1-10(23)21-16(18(24)25)8-12-6-14(19)17(15(20)7-12)28-9-11-2-4-13(5-3-11)22(26)27/h2-8H,9H2,1H3,(H,21,23)(H,24,25). The van der Waals surface area contributed by atoms with Gasteiger partial charge in [0.1, 0.15) is 18.1 Å². The van der Waals surface area contributed by atoms with Crippen molar-refractivity contribution in [3.05, 3.63) is 70.5 Å². The summed E-state index contributed by atoms with van der Waals surface area (Å²) in [6.45, 7) is 1.46. The molecule has 0 heterocycles. The molecule has 0 aromatic heterocycles. The van der Waals surface area contributed by atoms with Crippen LogP contribution in [0.15, 0.2) is 42.1 Å². The molecule has 0 radical (unpaired) electrons. The number of nitro benzene ring substituents is 1. The first kappa shape index (κ1) is 22.1. The summed E-state index contributed by atoms with van der Waals surface area (Å²) in [6, 6.07) is 9.55. The molecule has 0 bridgehead atoms. The van der Waals surface area contributed by atoms with Gasteiger partial charge in [-0.05, 0) is 86.7 Å². The zero-order valence-electron chi connectivity index (χ0n) is 14.4. The van der Waals surface area contributed by atoms with E-state index in [2.05, 4.69) is 50.5 Å². The third kappa shape index (κ3) is 6.15. The molecule has 8 nitrogen and oxygen atoms in total. The lowest BCUT2D eigenvalue weighted by Crippen LogP contribution is -2.24. The first-order valence-electron chi connectivity index (χ1n) is 7.75. The number of hydrogen-bond acceptors (Lipinski definition) is 5. The number of carbonyl (C=O) groups is 2. The lowest BCUT2D eigenvalue weighted by atomic mass is 10.2. The Labute approximate surface area is 187 Å². The molecular weight excluding hydrogens is 594 g/mol. The fourth-order valence-electron chi connectivity index (χ4n) is 2.18. The van der Waals surface area contributed by atoms with E-state index in [0.29, 0.717) is 11.3 Å². The Hall–Kier alpha value is -2.22. The summed E-state index contributed by atoms with van der Waals surface area (Å²) in [6.07, 6.45) is 1.37. The number of hydrogen-bond donors (Lipinski definition) is 2. The largest absolute Gasteiger partial charge is 0.487 e. The maximum absolute atomic E-state index is 11.2. The fourth-order valence-corrected chi connectivity index (χ4v) is 4.31. The number of nitrogens with one attached hydrogen (secondary N) is 1. The number of ether oxygens (including phenoxy) is 1. The van der Waals surface area contributed by atoms with Gasteiger partial charge < -0.3 is 15.2 Å². The van der Waals surface area contributed by atoms with Crippen molar-refractivity contribution in [2.75, 3.05) is 0 Å². The molecule has 1 amide bonds. The van der Waals surface area contributed by atoms with Crippen LogP contribution >= 0.6 is 45.2 Å². The van der Waals surface area contributed by atoms with Crippen LogP contribution in [0.25, 0.3) is 6.08 Å². The molecule has 146 valence electrons. The van der Waals surface area contributed by atoms with Gasteiger partial charge in [-0.3, -0.25) is 14.9 Å². The monoisotopic (exact) mass is 608 g/mol. The van der Waals surface area contributed by atoms with Crippen molar-refractivity contribution in [2.24, 2.45) is 0 Å². The van der Waals surface area contributed by atoms with Gasteiger partial charge in [0.15, 0.2) is 0 Å². The van der Waals surface area contributed by atoms with Crippen LogP contribution in [-0.2, 0) is 16.2 Å². The molecule has 2 aromatic carbocycles. The number of benzene rings is 2. The maximum Gasteiger partial charge on any atom is 0.352 e. The van der Waals surface area contributed by atoms with Crippen molar-refractivity contribution in [3.8, 4) is 5.75 Å². The summed E-state index contributed by atoms with van der Waals surface area (Å²) in [5, 5.41) is 22.2. The molecule has 0 spiro atoms. The number of carboxylic acids is 1. The quantitative estimate of drug-likeness (QED) is 0.213. The number of amides is 1. The summed E-state index contributed by atoms with van der Waals surface area (Å²) in [5.74, 6) is -1.09. The van der Waals surface area contributed by atoms with E-state index in [4.69, 9.17) is 4.74 Å². The summed E-state index contributed by atoms with van der Waals surface area (Å²) in [5.41, 5.74) is 1.17. The van der Waals surface area contributed by atoms with Gasteiger partial charge in [-0.1, -0.05) is 0 Å². The van der Waals surface area contributed by atoms with Gasteiger partial charge in [0.2, 0.25) is 5.91 Å². The number of non-ortho nitro benzene ring substituents is 1. The minimum absolute atomic E-state index is 0.0115. The molecule has 0 atom stereocenters. The second-order valence-electron chi connectivity index (χ2n) is 5.57. The number of rotatable bonds is 7. The van der Waals surface area contributed by atoms with Crippen molar-refractivity contribution in [1.29, 1.82) is 0 Å². The van der Waals surface area contributed by atoms with Crippen molar-refractivity contribution < 1.29 is 24.4 Å². The lowest BCUT2D eigenvalue weighted by molar-refractivity contribution is -0.384. The van der Waals surface area contributed by atoms with Crippen LogP contribution in [0.5, 0.6) is 5.75 Å². The highest BCUT2D eigenvalue weighted by molar-refractivity contribution is 14.1. The second-order valence-corrected chi connectivity index (χ2v) is 7.89. The first-order valence-corrected chi connectivity index (χ1v) is 9.91. The van der Waals surface area contributed by atoms with E-state index in [0.717, 1.165) is 12.7 Å². The van der Waals surface area contributed by atoms with Crippen molar-refractivity contribution >= 4 is 68.8 Å². The van der Waals surface area contributed by atoms with Crippen LogP contribution < -0.4 is 10.1 Å². The summed E-state index contributed by atoms with van der Waals surface area (Å²) in [7, 11) is 0. The third-order valence-corrected chi connectivity index (χ3v) is 5.01. The molecule has 0 aliphatic rings. The molecule has 28 heavy (non-hydrogen) atoms. The Morgan fingerprint density at radius 3 is 2.25 bits per heavy atom. The number of aliphatic carboxylic acids is 1. The molecular formula is C18H14I2N2O6. The molecule has 0 fully saturated rings. The fraction of sp³-hybridized carbons (Fsp3) is 0.111. The summed E-state index contributed by atoms with van der Waals surface area (Å²) in [4.78, 5) is 32.6. The smallest absolute Gasteiger partial charge is 0.352 e. The van der Waals surface area contributed by atoms with Crippen molar-refractivity contribution in [1.82, 2.24) is 5.32 Å². The normalized spacial score (nSPS) is 11.0. The van der Waals surface area contributed by atoms with Gasteiger partial charge >= 0.3 is 5.97 Å². The molecule has 2 rings (SSSR count). The topological polar surface area (TPSA) is 119 Å². The number of nitrogens with zero attached hydrogens (tertiary/aromatic N) is 1. The number of halogens is 2. The number of carboxylic acid groups (broad SMARTS) is 1. The van der Waals surface area contributed by atoms with E-state index in [-0.39, 0.29) is 18.0 Å². The predicted molar refractivity (Wildman–Crippen MR) is 119 cm³/mol. The third-order valence-electron chi connectivity index (χ3n) is 3.40. The van der Waals surface area contributed by atoms with E-state index >= 15 is 0 Å². The van der Waals surface area contributed by atoms with Crippen LogP contribution in [0.1, 0.15) is 18.1 Å². The van der Waals surface area contributed by atoms with E-state index in [9.17, 15) is 24.8 Å². The highest BCUT2D eigenvalue weighted by atomic mass is 127. The minimum atomic E-state index is -1.24.